The number of aryl methyl sites for hydroxylation is 1. The predicted molar refractivity (Wildman–Crippen MR) is 128 cm³/mol. The van der Waals surface area contributed by atoms with Crippen molar-refractivity contribution in [2.75, 3.05) is 19.0 Å². The third-order valence-electron chi connectivity index (χ3n) is 6.08. The highest BCUT2D eigenvalue weighted by atomic mass is 19.1. The Morgan fingerprint density at radius 3 is 2.89 bits per heavy atom. The topological polar surface area (TPSA) is 99.8 Å². The van der Waals surface area contributed by atoms with Gasteiger partial charge in [0.05, 0.1) is 35.9 Å². The van der Waals surface area contributed by atoms with Gasteiger partial charge in [-0.3, -0.25) is 4.79 Å². The molecule has 10 heteroatoms. The fourth-order valence-corrected chi connectivity index (χ4v) is 4.06. The monoisotopic (exact) mass is 475 g/mol. The van der Waals surface area contributed by atoms with Gasteiger partial charge in [-0.2, -0.15) is 0 Å². The quantitative estimate of drug-likeness (QED) is 0.408. The summed E-state index contributed by atoms with van der Waals surface area (Å²) in [6, 6.07) is 8.08. The summed E-state index contributed by atoms with van der Waals surface area (Å²) < 4.78 is 23.7. The van der Waals surface area contributed by atoms with Gasteiger partial charge >= 0.3 is 0 Å². The van der Waals surface area contributed by atoms with Crippen LogP contribution in [-0.2, 0) is 4.74 Å². The number of ether oxygens (including phenoxy) is 1. The maximum Gasteiger partial charge on any atom is 0.259 e. The number of methoxy groups -OCH3 is 1. The molecule has 1 amide bonds. The van der Waals surface area contributed by atoms with Gasteiger partial charge in [-0.25, -0.2) is 14.4 Å². The third-order valence-corrected chi connectivity index (χ3v) is 6.08. The van der Waals surface area contributed by atoms with Gasteiger partial charge in [-0.1, -0.05) is 6.07 Å². The highest BCUT2D eigenvalue weighted by Crippen LogP contribution is 2.39. The Balaban J connectivity index is 1.40. The molecule has 1 aromatic carbocycles. The number of anilines is 1. The summed E-state index contributed by atoms with van der Waals surface area (Å²) in [6.45, 7) is 4.27. The summed E-state index contributed by atoms with van der Waals surface area (Å²) in [5, 5.41) is 10.9. The van der Waals surface area contributed by atoms with Crippen LogP contribution in [0.4, 0.5) is 10.2 Å². The Hall–Kier alpha value is -3.92. The molecule has 0 radical (unpaired) electrons. The van der Waals surface area contributed by atoms with E-state index in [9.17, 15) is 9.18 Å². The van der Waals surface area contributed by atoms with E-state index >= 15 is 0 Å². The van der Waals surface area contributed by atoms with Gasteiger partial charge in [0.2, 0.25) is 0 Å². The molecule has 0 unspecified atom stereocenters. The number of halogens is 1. The summed E-state index contributed by atoms with van der Waals surface area (Å²) >= 11 is 0. The molecule has 3 aromatic heterocycles. The number of carbonyl (C=O) groups is 1. The summed E-state index contributed by atoms with van der Waals surface area (Å²) in [4.78, 5) is 22.0. The van der Waals surface area contributed by atoms with Crippen LogP contribution >= 0.6 is 0 Å². The predicted octanol–water partition coefficient (Wildman–Crippen LogP) is 4.31. The number of pyridine rings is 1. The second-order valence-electron chi connectivity index (χ2n) is 8.83. The van der Waals surface area contributed by atoms with E-state index in [0.29, 0.717) is 35.3 Å². The summed E-state index contributed by atoms with van der Waals surface area (Å²) in [6.07, 6.45) is 7.55. The van der Waals surface area contributed by atoms with Crippen molar-refractivity contribution in [2.45, 2.75) is 38.6 Å². The number of benzene rings is 1. The van der Waals surface area contributed by atoms with Gasteiger partial charge in [0.15, 0.2) is 5.82 Å². The van der Waals surface area contributed by atoms with Crippen molar-refractivity contribution in [3.05, 3.63) is 71.8 Å². The molecule has 4 aromatic rings. The summed E-state index contributed by atoms with van der Waals surface area (Å²) in [5.41, 5.74) is 2.89. The Morgan fingerprint density at radius 1 is 1.29 bits per heavy atom. The van der Waals surface area contributed by atoms with Crippen LogP contribution in [0.15, 0.2) is 49.2 Å². The number of nitrogens with one attached hydrogen (secondary N) is 1. The smallest absolute Gasteiger partial charge is 0.259 e. The first-order valence-corrected chi connectivity index (χ1v) is 11.5. The Labute approximate surface area is 202 Å². The molecule has 0 bridgehead atoms. The molecule has 0 spiro atoms. The lowest BCUT2D eigenvalue weighted by atomic mass is 10.1. The third kappa shape index (κ3) is 4.69. The van der Waals surface area contributed by atoms with E-state index in [4.69, 9.17) is 4.74 Å². The zero-order valence-electron chi connectivity index (χ0n) is 19.8. The van der Waals surface area contributed by atoms with E-state index in [-0.39, 0.29) is 17.4 Å². The maximum absolute atomic E-state index is 14.8. The van der Waals surface area contributed by atoms with Crippen molar-refractivity contribution in [2.24, 2.45) is 0 Å². The molecule has 0 aliphatic heterocycles. The number of hydrogen-bond acceptors (Lipinski definition) is 6. The van der Waals surface area contributed by atoms with Gasteiger partial charge in [0.25, 0.3) is 5.91 Å². The Morgan fingerprint density at radius 2 is 2.11 bits per heavy atom. The van der Waals surface area contributed by atoms with Gasteiger partial charge in [0, 0.05) is 19.2 Å². The van der Waals surface area contributed by atoms with Crippen molar-refractivity contribution < 1.29 is 13.9 Å². The first-order valence-electron chi connectivity index (χ1n) is 11.5. The van der Waals surface area contributed by atoms with Crippen LogP contribution in [0.1, 0.15) is 53.3 Å². The second kappa shape index (κ2) is 9.38. The largest absolute Gasteiger partial charge is 0.383 e. The van der Waals surface area contributed by atoms with Gasteiger partial charge in [0.1, 0.15) is 23.7 Å². The van der Waals surface area contributed by atoms with Crippen molar-refractivity contribution >= 4 is 11.7 Å². The number of amides is 1. The van der Waals surface area contributed by atoms with Gasteiger partial charge < -0.3 is 19.2 Å². The average Bonchev–Trinajstić information content (AvgIpc) is 3.36. The lowest BCUT2D eigenvalue weighted by Gasteiger charge is -2.14. The fraction of sp³-hybridized carbons (Fsp3) is 0.320. The average molecular weight is 476 g/mol. The SMILES string of the molecule is COC[C@H](C)n1cnnc1-c1cccc(NC(=O)c2cc(-n3cnc(C4CC4)c3)c(C)cc2F)n1. The van der Waals surface area contributed by atoms with Gasteiger partial charge in [-0.15, -0.1) is 10.2 Å². The van der Waals surface area contributed by atoms with E-state index < -0.39 is 11.7 Å². The van der Waals surface area contributed by atoms with Crippen molar-refractivity contribution in [3.8, 4) is 17.2 Å². The highest BCUT2D eigenvalue weighted by molar-refractivity contribution is 6.04. The minimum Gasteiger partial charge on any atom is -0.383 e. The molecule has 35 heavy (non-hydrogen) atoms. The van der Waals surface area contributed by atoms with E-state index in [0.717, 1.165) is 18.5 Å². The molecule has 3 heterocycles. The molecule has 1 saturated carbocycles. The molecule has 1 aliphatic rings. The molecule has 0 saturated heterocycles. The van der Waals surface area contributed by atoms with E-state index in [1.165, 1.54) is 6.07 Å². The highest BCUT2D eigenvalue weighted by Gasteiger charge is 2.26. The number of carbonyl (C=O) groups excluding carboxylic acids is 1. The van der Waals surface area contributed by atoms with Crippen LogP contribution in [0.3, 0.4) is 0 Å². The van der Waals surface area contributed by atoms with Crippen LogP contribution in [-0.4, -0.2) is 48.9 Å². The molecule has 180 valence electrons. The van der Waals surface area contributed by atoms with E-state index in [2.05, 4.69) is 25.5 Å². The molecular weight excluding hydrogens is 449 g/mol. The molecule has 1 aliphatic carbocycles. The molecule has 5 rings (SSSR count). The molecule has 1 fully saturated rings. The first kappa shape index (κ1) is 22.9. The zero-order valence-corrected chi connectivity index (χ0v) is 19.8. The standard InChI is InChI=1S/C25H26FN7O2/c1-15-9-19(26)18(10-22(15)32-11-21(27-13-32)17-7-8-17)25(34)30-23-6-4-5-20(29-23)24-31-28-14-33(24)16(2)12-35-3/h4-6,9-11,13-14,16-17H,7-8,12H2,1-3H3,(H,29,30,34)/t16-/m0/s1. The first-order chi connectivity index (χ1) is 16.9. The van der Waals surface area contributed by atoms with Crippen molar-refractivity contribution in [1.82, 2.24) is 29.3 Å². The molecule has 1 N–H and O–H groups in total. The van der Waals surface area contributed by atoms with Crippen molar-refractivity contribution in [1.29, 1.82) is 0 Å². The Kier molecular flexibility index (Phi) is 6.12. The van der Waals surface area contributed by atoms with Crippen LogP contribution < -0.4 is 5.32 Å². The normalized spacial score (nSPS) is 14.2. The number of hydrogen-bond donors (Lipinski definition) is 1. The minimum atomic E-state index is -0.601. The number of aromatic nitrogens is 6. The van der Waals surface area contributed by atoms with Crippen LogP contribution in [0.5, 0.6) is 0 Å². The maximum atomic E-state index is 14.8. The lowest BCUT2D eigenvalue weighted by molar-refractivity contribution is 0.102. The van der Waals surface area contributed by atoms with E-state index in [1.807, 2.05) is 29.2 Å². The Bertz CT molecular complexity index is 1380. The van der Waals surface area contributed by atoms with Crippen molar-refractivity contribution in [3.63, 3.8) is 0 Å². The fourth-order valence-electron chi connectivity index (χ4n) is 4.06. The number of nitrogens with zero attached hydrogens (tertiary/aromatic N) is 6. The lowest BCUT2D eigenvalue weighted by Crippen LogP contribution is -2.16. The second-order valence-corrected chi connectivity index (χ2v) is 8.83. The number of rotatable bonds is 8. The summed E-state index contributed by atoms with van der Waals surface area (Å²) in [7, 11) is 1.63. The number of imidazole rings is 1. The van der Waals surface area contributed by atoms with Gasteiger partial charge in [-0.05, 0) is 56.5 Å². The minimum absolute atomic E-state index is 0.00581. The molecule has 1 atom stereocenters. The van der Waals surface area contributed by atoms with Crippen LogP contribution in [0.2, 0.25) is 0 Å². The molecule has 9 nitrogen and oxygen atoms in total. The van der Waals surface area contributed by atoms with Crippen LogP contribution in [0.25, 0.3) is 17.2 Å². The molecular formula is C25H26FN7O2. The van der Waals surface area contributed by atoms with Crippen LogP contribution in [0, 0.1) is 12.7 Å². The zero-order chi connectivity index (χ0) is 24.5. The van der Waals surface area contributed by atoms with E-state index in [1.54, 1.807) is 44.0 Å². The summed E-state index contributed by atoms with van der Waals surface area (Å²) in [5.74, 6) is 0.129.